The second-order valence-corrected chi connectivity index (χ2v) is 8.72. The molecule has 0 spiro atoms. The van der Waals surface area contributed by atoms with E-state index in [4.69, 9.17) is 13.0 Å². The maximum Gasteiger partial charge on any atom is 0.600 e. The van der Waals surface area contributed by atoms with Crippen molar-refractivity contribution in [3.8, 4) is 0 Å². The van der Waals surface area contributed by atoms with Gasteiger partial charge in [0.25, 0.3) is 0 Å². The number of benzene rings is 1. The van der Waals surface area contributed by atoms with E-state index in [0.29, 0.717) is 9.58 Å². The van der Waals surface area contributed by atoms with Crippen molar-refractivity contribution in [2.75, 3.05) is 0 Å². The van der Waals surface area contributed by atoms with Crippen LogP contribution in [0.1, 0.15) is 30.1 Å². The molecule has 1 saturated carbocycles. The smallest absolute Gasteiger partial charge is 0.600 e. The molecule has 11 heteroatoms. The van der Waals surface area contributed by atoms with Gasteiger partial charge < -0.3 is 4.55 Å². The van der Waals surface area contributed by atoms with E-state index in [1.807, 2.05) is 0 Å². The Hall–Kier alpha value is -1.33. The molecule has 140 valence electrons. The van der Waals surface area contributed by atoms with Crippen LogP contribution in [0.4, 0.5) is 26.3 Å². The van der Waals surface area contributed by atoms with Crippen molar-refractivity contribution in [2.45, 2.75) is 36.2 Å². The highest BCUT2D eigenvalue weighted by Crippen LogP contribution is 2.56. The lowest BCUT2D eigenvalue weighted by atomic mass is 9.84. The topological polar surface area (TPSA) is 57.2 Å². The maximum atomic E-state index is 13.2. The molecular formula is C14H12F6O3S2. The number of hydrogen-bond donors (Lipinski definition) is 0. The van der Waals surface area contributed by atoms with E-state index >= 15 is 0 Å². The molecule has 3 nitrogen and oxygen atoms in total. The molecule has 1 aliphatic rings. The summed E-state index contributed by atoms with van der Waals surface area (Å²) in [6.07, 6.45) is 2.90. The fourth-order valence-electron chi connectivity index (χ4n) is 2.36. The molecule has 0 N–H and O–H groups in total. The van der Waals surface area contributed by atoms with E-state index in [-0.39, 0.29) is 5.92 Å². The maximum absolute atomic E-state index is 13.2. The van der Waals surface area contributed by atoms with E-state index in [0.717, 1.165) is 24.6 Å². The molecule has 1 aromatic carbocycles. The largest absolute Gasteiger partial charge is 0.741 e. The number of thiophene rings is 1. The molecular weight excluding hydrogens is 394 g/mol. The number of hydrogen-bond acceptors (Lipinski definition) is 3. The molecule has 1 fully saturated rings. The number of alkyl halides is 6. The first kappa shape index (κ1) is 20.0. The minimum atomic E-state index is -6.09. The fourth-order valence-corrected chi connectivity index (χ4v) is 4.52. The zero-order valence-corrected chi connectivity index (χ0v) is 14.0. The summed E-state index contributed by atoms with van der Waals surface area (Å²) in [5, 5.41) is 0.759. The van der Waals surface area contributed by atoms with Crippen LogP contribution in [0.2, 0.25) is 0 Å². The first-order valence-electron chi connectivity index (χ1n) is 6.96. The van der Waals surface area contributed by atoms with Crippen molar-refractivity contribution in [1.82, 2.24) is 0 Å². The lowest BCUT2D eigenvalue weighted by Crippen LogP contribution is -2.21. The second kappa shape index (κ2) is 6.76. The SMILES string of the molecule is FC(F)(F)[s+]1c(C2CCC2)cc2ccccc21.O=S(=O)([O-])C(F)(F)F. The summed E-state index contributed by atoms with van der Waals surface area (Å²) in [5.41, 5.74) is -9.78. The van der Waals surface area contributed by atoms with Crippen LogP contribution in [0.15, 0.2) is 30.3 Å². The first-order valence-corrected chi connectivity index (χ1v) is 9.59. The molecule has 0 bridgehead atoms. The van der Waals surface area contributed by atoms with Gasteiger partial charge in [0.1, 0.15) is 0 Å². The Morgan fingerprint density at radius 3 is 1.96 bits per heavy atom. The summed E-state index contributed by atoms with van der Waals surface area (Å²) in [6, 6.07) is 8.68. The summed E-state index contributed by atoms with van der Waals surface area (Å²) in [5.74, 6) is 0.160. The van der Waals surface area contributed by atoms with E-state index in [1.54, 1.807) is 30.3 Å². The minimum Gasteiger partial charge on any atom is -0.741 e. The van der Waals surface area contributed by atoms with Gasteiger partial charge in [0.2, 0.25) is 0 Å². The molecule has 3 rings (SSSR count). The molecule has 1 atom stereocenters. The Kier molecular flexibility index (Phi) is 5.41. The van der Waals surface area contributed by atoms with Crippen LogP contribution in [0.25, 0.3) is 10.1 Å². The van der Waals surface area contributed by atoms with Crippen molar-refractivity contribution in [1.29, 1.82) is 0 Å². The fraction of sp³-hybridized carbons (Fsp3) is 0.429. The average Bonchev–Trinajstić information content (AvgIpc) is 2.73. The van der Waals surface area contributed by atoms with Gasteiger partial charge >= 0.3 is 11.0 Å². The molecule has 0 saturated heterocycles. The predicted molar refractivity (Wildman–Crippen MR) is 80.1 cm³/mol. The van der Waals surface area contributed by atoms with Crippen LogP contribution in [-0.4, -0.2) is 18.5 Å². The summed E-state index contributed by atoms with van der Waals surface area (Å²) in [4.78, 5) is 0.616. The minimum absolute atomic E-state index is 0.160. The van der Waals surface area contributed by atoms with E-state index < -0.39 is 31.6 Å². The Morgan fingerprint density at radius 1 is 1.04 bits per heavy atom. The molecule has 0 amide bonds. The van der Waals surface area contributed by atoms with E-state index in [2.05, 4.69) is 0 Å². The van der Waals surface area contributed by atoms with Crippen molar-refractivity contribution < 1.29 is 39.3 Å². The van der Waals surface area contributed by atoms with Gasteiger partial charge in [-0.2, -0.15) is 13.2 Å². The van der Waals surface area contributed by atoms with Crippen molar-refractivity contribution in [3.05, 3.63) is 35.2 Å². The number of rotatable bonds is 1. The van der Waals surface area contributed by atoms with Crippen molar-refractivity contribution in [2.24, 2.45) is 0 Å². The van der Waals surface area contributed by atoms with Gasteiger partial charge in [0, 0.05) is 17.4 Å². The highest BCUT2D eigenvalue weighted by atomic mass is 32.2. The Bertz CT molecular complexity index is 848. The van der Waals surface area contributed by atoms with Gasteiger partial charge in [-0.1, -0.05) is 18.6 Å². The Morgan fingerprint density at radius 2 is 1.56 bits per heavy atom. The summed E-state index contributed by atoms with van der Waals surface area (Å²) >= 11 is 0. The summed E-state index contributed by atoms with van der Waals surface area (Å²) in [6.45, 7) is 0. The molecule has 1 heterocycles. The summed E-state index contributed by atoms with van der Waals surface area (Å²) < 4.78 is 98.9. The quantitative estimate of drug-likeness (QED) is 0.276. The normalized spacial score (nSPS) is 17.0. The third-order valence-corrected chi connectivity index (χ3v) is 6.46. The van der Waals surface area contributed by atoms with Crippen LogP contribution >= 0.6 is 10.5 Å². The van der Waals surface area contributed by atoms with Gasteiger partial charge in [0.05, 0.1) is 10.5 Å². The van der Waals surface area contributed by atoms with Gasteiger partial charge in [0.15, 0.2) is 19.7 Å². The molecule has 1 unspecified atom stereocenters. The number of halogens is 6. The highest BCUT2D eigenvalue weighted by Gasteiger charge is 2.50. The average molecular weight is 406 g/mol. The lowest BCUT2D eigenvalue weighted by molar-refractivity contribution is -0.0868. The van der Waals surface area contributed by atoms with Gasteiger partial charge in [-0.25, -0.2) is 8.42 Å². The lowest BCUT2D eigenvalue weighted by Gasteiger charge is -2.21. The molecule has 25 heavy (non-hydrogen) atoms. The third-order valence-electron chi connectivity index (χ3n) is 3.69. The van der Waals surface area contributed by atoms with Crippen molar-refractivity contribution in [3.63, 3.8) is 0 Å². The molecule has 1 aliphatic carbocycles. The number of fused-ring (bicyclic) bond motifs is 1. The van der Waals surface area contributed by atoms with Crippen LogP contribution in [-0.2, 0) is 15.6 Å². The van der Waals surface area contributed by atoms with E-state index in [1.165, 1.54) is 0 Å². The molecule has 1 aromatic heterocycles. The summed E-state index contributed by atoms with van der Waals surface area (Å²) in [7, 11) is -7.77. The van der Waals surface area contributed by atoms with Crippen LogP contribution in [0, 0.1) is 0 Å². The Balaban J connectivity index is 0.000000242. The highest BCUT2D eigenvalue weighted by molar-refractivity contribution is 7.86. The van der Waals surface area contributed by atoms with Gasteiger partial charge in [-0.3, -0.25) is 0 Å². The van der Waals surface area contributed by atoms with Crippen LogP contribution < -0.4 is 0 Å². The standard InChI is InChI=1S/C13H12F3S.CHF3O3S/c14-13(15,16)17-11-7-2-1-4-10(11)8-12(17)9-5-3-6-9;2-1(3,4)8(5,6)7/h1-2,4,7-9H,3,5-6H2;(H,5,6,7)/q+1;/p-1. The van der Waals surface area contributed by atoms with Crippen LogP contribution in [0.5, 0.6) is 0 Å². The predicted octanol–water partition coefficient (Wildman–Crippen LogP) is 5.38. The van der Waals surface area contributed by atoms with E-state index in [9.17, 15) is 26.3 Å². The second-order valence-electron chi connectivity index (χ2n) is 5.36. The van der Waals surface area contributed by atoms with Crippen LogP contribution in [0.3, 0.4) is 0 Å². The van der Waals surface area contributed by atoms with Gasteiger partial charge in [-0.15, -0.1) is 13.2 Å². The zero-order chi connectivity index (χ0) is 19.0. The molecule has 0 aliphatic heterocycles. The first-order chi connectivity index (χ1) is 11.3. The van der Waals surface area contributed by atoms with Gasteiger partial charge in [-0.05, 0) is 25.0 Å². The zero-order valence-electron chi connectivity index (χ0n) is 12.4. The molecule has 0 radical (unpaired) electrons. The van der Waals surface area contributed by atoms with Crippen molar-refractivity contribution >= 4 is 30.7 Å². The Labute approximate surface area is 142 Å². The molecule has 2 aromatic rings. The monoisotopic (exact) mass is 406 g/mol. The third kappa shape index (κ3) is 4.45.